The van der Waals surface area contributed by atoms with Gasteiger partial charge in [0.2, 0.25) is 65.0 Å². The number of phenolic OH excluding ortho intramolecular Hbond substituents is 1. The first-order valence-electron chi connectivity index (χ1n) is 34.9. The zero-order chi connectivity index (χ0) is 75.8. The SMILES string of the molecule is CCC[C@H](NC(=O)[C@H](Cc1ccccc1)NC(=O)CNC(=O)CNC(=O)[C@H](Cc1ccc(O)cc1)NCc1ccccc1)C(=O)N[C@@H](CCCN=C(N)N)C(=O)N[C@@H](CCCN=C(N)N)C(=O)N[C@H](C(=O)N[C@@H](CCCN=C(N)N)C(=O)N1CCC[C@H]1C(=O)N[C@@H](CCCCN)C(N)=O)[C@@H](C)CC. The molecule has 566 valence electrons. The summed E-state index contributed by atoms with van der Waals surface area (Å²) in [7, 11) is 0. The van der Waals surface area contributed by atoms with Gasteiger partial charge in [0.05, 0.1) is 19.1 Å². The number of aliphatic imine (C=N–C) groups is 3. The first kappa shape index (κ1) is 84.8. The summed E-state index contributed by atoms with van der Waals surface area (Å²) in [5.74, 6) is -9.36. The fraction of sp³-hybridized carbons (Fsp3) is 0.536. The molecule has 103 heavy (non-hydrogen) atoms. The Bertz CT molecular complexity index is 3320. The van der Waals surface area contributed by atoms with Crippen molar-refractivity contribution < 1.29 is 57.8 Å². The second-order valence-electron chi connectivity index (χ2n) is 25.3. The number of aromatic hydroxyl groups is 1. The molecule has 1 aliphatic heterocycles. The third-order valence-electron chi connectivity index (χ3n) is 17.1. The predicted octanol–water partition coefficient (Wildman–Crippen LogP) is -3.43. The molecule has 0 radical (unpaired) electrons. The van der Waals surface area contributed by atoms with E-state index in [1.54, 1.807) is 63.2 Å². The number of benzene rings is 3. The van der Waals surface area contributed by atoms with Crippen LogP contribution in [0.15, 0.2) is 99.9 Å². The molecule has 10 atom stereocenters. The molecule has 3 aromatic carbocycles. The summed E-state index contributed by atoms with van der Waals surface area (Å²) in [6.07, 6.45) is 2.98. The summed E-state index contributed by atoms with van der Waals surface area (Å²) in [6.45, 7) is 5.01. The van der Waals surface area contributed by atoms with Gasteiger partial charge in [0.25, 0.3) is 0 Å². The largest absolute Gasteiger partial charge is 0.508 e. The molecule has 1 saturated heterocycles. The molecule has 0 saturated carbocycles. The quantitative estimate of drug-likeness (QED) is 0.0149. The van der Waals surface area contributed by atoms with Crippen LogP contribution in [0.1, 0.15) is 127 Å². The van der Waals surface area contributed by atoms with Crippen molar-refractivity contribution in [3.05, 3.63) is 102 Å². The second kappa shape index (κ2) is 46.0. The molecule has 1 fully saturated rings. The fourth-order valence-electron chi connectivity index (χ4n) is 11.2. The van der Waals surface area contributed by atoms with E-state index in [0.717, 1.165) is 11.1 Å². The lowest BCUT2D eigenvalue weighted by Crippen LogP contribution is -2.61. The van der Waals surface area contributed by atoms with Crippen LogP contribution < -0.4 is 99.0 Å². The van der Waals surface area contributed by atoms with E-state index in [1.807, 2.05) is 30.3 Å². The van der Waals surface area contributed by atoms with E-state index in [9.17, 15) is 57.8 Å². The average Bonchev–Trinajstić information content (AvgIpc) is 1.06. The first-order chi connectivity index (χ1) is 49.2. The molecule has 0 unspecified atom stereocenters. The number of hydrogen-bond donors (Lipinski definition) is 19. The number of hydrogen-bond acceptors (Lipinski definition) is 17. The average molecular weight is 1440 g/mol. The molecule has 1 heterocycles. The Morgan fingerprint density at radius 2 is 0.971 bits per heavy atom. The number of guanidine groups is 3. The van der Waals surface area contributed by atoms with Gasteiger partial charge in [0.1, 0.15) is 54.1 Å². The van der Waals surface area contributed by atoms with Gasteiger partial charge >= 0.3 is 0 Å². The van der Waals surface area contributed by atoms with Crippen LogP contribution in [0.3, 0.4) is 0 Å². The van der Waals surface area contributed by atoms with Crippen molar-refractivity contribution in [2.75, 3.05) is 45.8 Å². The molecule has 0 spiro atoms. The Morgan fingerprint density at radius 3 is 1.50 bits per heavy atom. The Balaban J connectivity index is 1.55. The maximum Gasteiger partial charge on any atom is 0.245 e. The van der Waals surface area contributed by atoms with E-state index < -0.39 is 138 Å². The molecular weight excluding hydrogens is 1330 g/mol. The Kier molecular flexibility index (Phi) is 37.9. The summed E-state index contributed by atoms with van der Waals surface area (Å²) < 4.78 is 0. The topological polar surface area (TPSA) is 577 Å². The third kappa shape index (κ3) is 31.8. The smallest absolute Gasteiger partial charge is 0.245 e. The minimum absolute atomic E-state index is 0.00418. The molecule has 34 heteroatoms. The monoisotopic (exact) mass is 1440 g/mol. The van der Waals surface area contributed by atoms with Crippen LogP contribution in [0.25, 0.3) is 0 Å². The fourth-order valence-corrected chi connectivity index (χ4v) is 11.2. The molecule has 1 aliphatic rings. The molecule has 4 rings (SSSR count). The molecular formula is C69H108N22O12. The van der Waals surface area contributed by atoms with Gasteiger partial charge in [-0.05, 0) is 125 Å². The third-order valence-corrected chi connectivity index (χ3v) is 17.1. The van der Waals surface area contributed by atoms with Crippen molar-refractivity contribution in [1.82, 2.24) is 58.1 Å². The number of primary amides is 1. The molecule has 0 bridgehead atoms. The highest BCUT2D eigenvalue weighted by Crippen LogP contribution is 2.22. The number of nitrogens with two attached hydrogens (primary N) is 8. The molecule has 0 aliphatic carbocycles. The molecule has 0 aromatic heterocycles. The Labute approximate surface area is 600 Å². The van der Waals surface area contributed by atoms with Crippen molar-refractivity contribution in [3.8, 4) is 5.75 Å². The number of nitrogens with zero attached hydrogens (tertiary/aromatic N) is 4. The second-order valence-corrected chi connectivity index (χ2v) is 25.3. The van der Waals surface area contributed by atoms with Gasteiger partial charge in [-0.1, -0.05) is 106 Å². The van der Waals surface area contributed by atoms with Crippen molar-refractivity contribution in [2.45, 2.75) is 184 Å². The van der Waals surface area contributed by atoms with Gasteiger partial charge in [-0.3, -0.25) is 67.7 Å². The van der Waals surface area contributed by atoms with Crippen molar-refractivity contribution in [1.29, 1.82) is 0 Å². The number of amides is 11. The zero-order valence-electron chi connectivity index (χ0n) is 59.2. The highest BCUT2D eigenvalue weighted by molar-refractivity contribution is 5.99. The summed E-state index contributed by atoms with van der Waals surface area (Å²) in [5, 5.41) is 37.2. The summed E-state index contributed by atoms with van der Waals surface area (Å²) in [4.78, 5) is 168. The molecule has 3 aromatic rings. The standard InChI is InChI=1S/C69H108N22O12/c1-4-18-48(86-63(100)53(38-43-19-8-6-9-20-43)84-56(94)41-82-55(93)40-83-59(96)52(37-44-28-30-46(92)31-29-44)81-39-45-21-10-7-11-22-45)60(97)87-49(24-14-33-78-67(72)73)61(98)88-50(25-15-34-79-68(74)75)62(99)90-57(42(3)5-2)65(102)89-51(26-16-35-80-69(76)77)66(103)91-36-17-27-54(91)64(101)85-47(58(71)95)23-12-13-32-70/h6-11,19-22,28-31,42,47-54,57,81,92H,4-5,12-18,23-27,32-41,70H2,1-3H3,(H2,71,95)(H,82,93)(H,83,96)(H,84,94)(H,85,101)(H,86,100)(H,87,97)(H,88,98)(H,89,102)(H,90,99)(H4,72,73,78)(H4,74,75,79)(H4,76,77,80)/t42-,47-,48-,49-,50-,51-,52-,53-,54-,57-/m0/s1. The van der Waals surface area contributed by atoms with Crippen molar-refractivity contribution in [3.63, 3.8) is 0 Å². The van der Waals surface area contributed by atoms with Gasteiger partial charge in [-0.2, -0.15) is 0 Å². The minimum Gasteiger partial charge on any atom is -0.508 e. The van der Waals surface area contributed by atoms with E-state index in [2.05, 4.69) is 68.1 Å². The molecule has 11 amide bonds. The van der Waals surface area contributed by atoms with Crippen LogP contribution >= 0.6 is 0 Å². The van der Waals surface area contributed by atoms with Crippen LogP contribution in [0.4, 0.5) is 0 Å². The van der Waals surface area contributed by atoms with Gasteiger partial charge in [-0.25, -0.2) is 0 Å². The Hall–Kier alpha value is -10.6. The molecule has 34 nitrogen and oxygen atoms in total. The number of phenols is 1. The van der Waals surface area contributed by atoms with Crippen LogP contribution in [-0.2, 0) is 72.1 Å². The maximum atomic E-state index is 14.8. The van der Waals surface area contributed by atoms with Crippen LogP contribution in [-0.4, -0.2) is 193 Å². The number of nitrogens with one attached hydrogen (secondary N) is 10. The Morgan fingerprint density at radius 1 is 0.495 bits per heavy atom. The van der Waals surface area contributed by atoms with Crippen molar-refractivity contribution >= 4 is 82.9 Å². The van der Waals surface area contributed by atoms with Crippen molar-refractivity contribution in [2.24, 2.45) is 66.8 Å². The van der Waals surface area contributed by atoms with E-state index in [0.29, 0.717) is 50.8 Å². The van der Waals surface area contributed by atoms with E-state index >= 15 is 0 Å². The minimum atomic E-state index is -1.43. The lowest BCUT2D eigenvalue weighted by Gasteiger charge is -2.32. The number of likely N-dealkylation sites (tertiary alicyclic amines) is 1. The lowest BCUT2D eigenvalue weighted by atomic mass is 9.96. The lowest BCUT2D eigenvalue weighted by molar-refractivity contribution is -0.142. The van der Waals surface area contributed by atoms with Crippen LogP contribution in [0, 0.1) is 5.92 Å². The number of carbonyl (C=O) groups is 11. The number of unbranched alkanes of at least 4 members (excludes halogenated alkanes) is 1. The molecule has 27 N–H and O–H groups in total. The van der Waals surface area contributed by atoms with Crippen LogP contribution in [0.5, 0.6) is 5.75 Å². The van der Waals surface area contributed by atoms with Crippen LogP contribution in [0.2, 0.25) is 0 Å². The number of rotatable bonds is 47. The highest BCUT2D eigenvalue weighted by Gasteiger charge is 2.41. The highest BCUT2D eigenvalue weighted by atomic mass is 16.3. The number of carbonyl (C=O) groups excluding carboxylic acids is 11. The van der Waals surface area contributed by atoms with E-state index in [-0.39, 0.29) is 120 Å². The summed E-state index contributed by atoms with van der Waals surface area (Å²) >= 11 is 0. The first-order valence-corrected chi connectivity index (χ1v) is 34.9. The summed E-state index contributed by atoms with van der Waals surface area (Å²) in [5.41, 5.74) is 47.2. The van der Waals surface area contributed by atoms with E-state index in [1.165, 1.54) is 17.0 Å². The van der Waals surface area contributed by atoms with Gasteiger partial charge in [0, 0.05) is 39.1 Å². The normalized spacial score (nSPS) is 15.0. The predicted molar refractivity (Wildman–Crippen MR) is 389 cm³/mol. The van der Waals surface area contributed by atoms with E-state index in [4.69, 9.17) is 45.9 Å². The van der Waals surface area contributed by atoms with Gasteiger partial charge < -0.3 is 109 Å². The zero-order valence-corrected chi connectivity index (χ0v) is 59.2. The van der Waals surface area contributed by atoms with Gasteiger partial charge in [-0.15, -0.1) is 0 Å². The maximum absolute atomic E-state index is 14.8. The van der Waals surface area contributed by atoms with Gasteiger partial charge in [0.15, 0.2) is 17.9 Å². The summed E-state index contributed by atoms with van der Waals surface area (Å²) in [6, 6.07) is 13.4.